The van der Waals surface area contributed by atoms with Crippen LogP contribution in [-0.2, 0) is 6.54 Å². The predicted molar refractivity (Wildman–Crippen MR) is 60.3 cm³/mol. The summed E-state index contributed by atoms with van der Waals surface area (Å²) in [6.45, 7) is 3.07. The zero-order valence-corrected chi connectivity index (χ0v) is 9.55. The van der Waals surface area contributed by atoms with Crippen LogP contribution in [0.2, 0.25) is 0 Å². The lowest BCUT2D eigenvalue weighted by atomic mass is 10.2. The van der Waals surface area contributed by atoms with Gasteiger partial charge in [-0.25, -0.2) is 4.98 Å². The van der Waals surface area contributed by atoms with Crippen molar-refractivity contribution < 1.29 is 0 Å². The summed E-state index contributed by atoms with van der Waals surface area (Å²) in [5.41, 5.74) is 7.02. The van der Waals surface area contributed by atoms with Crippen molar-refractivity contribution in [2.75, 3.05) is 6.26 Å². The van der Waals surface area contributed by atoms with Crippen LogP contribution in [0.15, 0.2) is 12.5 Å². The number of imidazole rings is 1. The molecule has 0 radical (unpaired) electrons. The van der Waals surface area contributed by atoms with Crippen molar-refractivity contribution in [1.82, 2.24) is 9.55 Å². The fourth-order valence-corrected chi connectivity index (χ4v) is 2.50. The molecule has 0 aliphatic heterocycles. The van der Waals surface area contributed by atoms with Crippen LogP contribution in [0.5, 0.6) is 0 Å². The molecule has 0 saturated heterocycles. The van der Waals surface area contributed by atoms with Crippen LogP contribution in [-0.4, -0.2) is 20.6 Å². The van der Waals surface area contributed by atoms with E-state index in [9.17, 15) is 0 Å². The summed E-state index contributed by atoms with van der Waals surface area (Å²) in [5.74, 6) is 0. The highest BCUT2D eigenvalue weighted by Crippen LogP contribution is 2.48. The summed E-state index contributed by atoms with van der Waals surface area (Å²) in [5, 5.41) is 0. The van der Waals surface area contributed by atoms with Crippen molar-refractivity contribution in [2.24, 2.45) is 5.73 Å². The molecule has 0 aromatic carbocycles. The van der Waals surface area contributed by atoms with E-state index < -0.39 is 0 Å². The van der Waals surface area contributed by atoms with Crippen molar-refractivity contribution in [1.29, 1.82) is 0 Å². The number of aromatic nitrogens is 2. The molecular formula is C10H17N3S. The molecule has 0 bridgehead atoms. The van der Waals surface area contributed by atoms with Crippen LogP contribution in [0.25, 0.3) is 0 Å². The third kappa shape index (κ3) is 1.81. The Morgan fingerprint density at radius 1 is 1.71 bits per heavy atom. The van der Waals surface area contributed by atoms with Gasteiger partial charge in [-0.1, -0.05) is 0 Å². The summed E-state index contributed by atoms with van der Waals surface area (Å²) in [4.78, 5) is 4.16. The molecule has 1 fully saturated rings. The van der Waals surface area contributed by atoms with Crippen LogP contribution >= 0.6 is 11.8 Å². The largest absolute Gasteiger partial charge is 0.332 e. The summed E-state index contributed by atoms with van der Waals surface area (Å²) >= 11 is 1.97. The van der Waals surface area contributed by atoms with Gasteiger partial charge in [0.05, 0.1) is 12.0 Å². The van der Waals surface area contributed by atoms with Crippen molar-refractivity contribution >= 4 is 11.8 Å². The lowest BCUT2D eigenvalue weighted by Gasteiger charge is -2.16. The van der Waals surface area contributed by atoms with Gasteiger partial charge in [0.2, 0.25) is 0 Å². The molecule has 4 heteroatoms. The van der Waals surface area contributed by atoms with Crippen molar-refractivity contribution in [3.05, 3.63) is 18.2 Å². The molecule has 1 aromatic heterocycles. The fourth-order valence-electron chi connectivity index (χ4n) is 1.72. The Labute approximate surface area is 89.1 Å². The van der Waals surface area contributed by atoms with E-state index in [0.717, 1.165) is 12.2 Å². The van der Waals surface area contributed by atoms with Crippen LogP contribution < -0.4 is 5.73 Å². The SMILES string of the molecule is CSC1(Cn2cncc2[C@H](C)N)CC1. The molecule has 2 N–H and O–H groups in total. The smallest absolute Gasteiger partial charge is 0.0949 e. The quantitative estimate of drug-likeness (QED) is 0.826. The van der Waals surface area contributed by atoms with Gasteiger partial charge >= 0.3 is 0 Å². The molecule has 3 nitrogen and oxygen atoms in total. The average molecular weight is 211 g/mol. The van der Waals surface area contributed by atoms with Gasteiger partial charge in [0.15, 0.2) is 0 Å². The fraction of sp³-hybridized carbons (Fsp3) is 0.700. The maximum Gasteiger partial charge on any atom is 0.0949 e. The molecule has 0 unspecified atom stereocenters. The highest BCUT2D eigenvalue weighted by atomic mass is 32.2. The Kier molecular flexibility index (Phi) is 2.58. The van der Waals surface area contributed by atoms with E-state index in [0.29, 0.717) is 4.75 Å². The average Bonchev–Trinajstić information content (AvgIpc) is 2.76. The molecule has 1 aliphatic carbocycles. The normalized spacial score (nSPS) is 20.8. The topological polar surface area (TPSA) is 43.8 Å². The molecule has 0 amide bonds. The van der Waals surface area contributed by atoms with E-state index >= 15 is 0 Å². The third-order valence-electron chi connectivity index (χ3n) is 2.91. The van der Waals surface area contributed by atoms with Crippen molar-refractivity contribution in [3.8, 4) is 0 Å². The molecule has 0 spiro atoms. The molecule has 78 valence electrons. The Bertz CT molecular complexity index is 315. The van der Waals surface area contributed by atoms with Crippen LogP contribution in [0, 0.1) is 0 Å². The second kappa shape index (κ2) is 3.59. The van der Waals surface area contributed by atoms with Gasteiger partial charge < -0.3 is 10.3 Å². The lowest BCUT2D eigenvalue weighted by Crippen LogP contribution is -2.18. The number of nitrogens with two attached hydrogens (primary N) is 1. The van der Waals surface area contributed by atoms with E-state index in [4.69, 9.17) is 5.73 Å². The molecule has 1 saturated carbocycles. The van der Waals surface area contributed by atoms with Gasteiger partial charge in [-0.2, -0.15) is 11.8 Å². The Hall–Kier alpha value is -0.480. The minimum atomic E-state index is 0.0788. The van der Waals surface area contributed by atoms with Gasteiger partial charge in [-0.05, 0) is 26.0 Å². The van der Waals surface area contributed by atoms with Gasteiger partial charge in [0.1, 0.15) is 0 Å². The number of hydrogen-bond acceptors (Lipinski definition) is 3. The van der Waals surface area contributed by atoms with Crippen molar-refractivity contribution in [3.63, 3.8) is 0 Å². The summed E-state index contributed by atoms with van der Waals surface area (Å²) in [6.07, 6.45) is 8.61. The van der Waals surface area contributed by atoms with Crippen molar-refractivity contribution in [2.45, 2.75) is 37.1 Å². The first-order chi connectivity index (χ1) is 6.67. The van der Waals surface area contributed by atoms with Crippen LogP contribution in [0.3, 0.4) is 0 Å². The van der Waals surface area contributed by atoms with E-state index in [2.05, 4.69) is 15.8 Å². The van der Waals surface area contributed by atoms with Gasteiger partial charge in [-0.3, -0.25) is 0 Å². The molecular weight excluding hydrogens is 194 g/mol. The first kappa shape index (κ1) is 10.1. The molecule has 1 atom stereocenters. The summed E-state index contributed by atoms with van der Waals surface area (Å²) in [7, 11) is 0. The van der Waals surface area contributed by atoms with Crippen LogP contribution in [0.1, 0.15) is 31.5 Å². The molecule has 2 rings (SSSR count). The molecule has 1 heterocycles. The number of nitrogens with zero attached hydrogens (tertiary/aromatic N) is 2. The van der Waals surface area contributed by atoms with E-state index in [1.165, 1.54) is 12.8 Å². The minimum Gasteiger partial charge on any atom is -0.332 e. The zero-order chi connectivity index (χ0) is 10.2. The second-order valence-corrected chi connectivity index (χ2v) is 5.40. The van der Waals surface area contributed by atoms with Crippen LogP contribution in [0.4, 0.5) is 0 Å². The summed E-state index contributed by atoms with van der Waals surface area (Å²) < 4.78 is 2.68. The first-order valence-corrected chi connectivity index (χ1v) is 6.20. The standard InChI is InChI=1S/C10H17N3S/c1-8(11)9-5-12-7-13(9)6-10(14-2)3-4-10/h5,7-8H,3-4,6,11H2,1-2H3/t8-/m0/s1. The first-order valence-electron chi connectivity index (χ1n) is 4.98. The molecule has 1 aromatic rings. The highest BCUT2D eigenvalue weighted by molar-refractivity contribution is 8.00. The highest BCUT2D eigenvalue weighted by Gasteiger charge is 2.42. The zero-order valence-electron chi connectivity index (χ0n) is 8.73. The predicted octanol–water partition coefficient (Wildman–Crippen LogP) is 1.80. The van der Waals surface area contributed by atoms with E-state index in [1.807, 2.05) is 31.2 Å². The van der Waals surface area contributed by atoms with Gasteiger partial charge in [0, 0.05) is 23.5 Å². The Morgan fingerprint density at radius 3 is 2.93 bits per heavy atom. The Morgan fingerprint density at radius 2 is 2.43 bits per heavy atom. The number of rotatable bonds is 4. The van der Waals surface area contributed by atoms with Gasteiger partial charge in [0.25, 0.3) is 0 Å². The lowest BCUT2D eigenvalue weighted by molar-refractivity contribution is 0.602. The van der Waals surface area contributed by atoms with E-state index in [1.54, 1.807) is 0 Å². The number of hydrogen-bond donors (Lipinski definition) is 1. The maximum atomic E-state index is 5.87. The van der Waals surface area contributed by atoms with Gasteiger partial charge in [-0.15, -0.1) is 0 Å². The second-order valence-electron chi connectivity index (χ2n) is 4.12. The monoisotopic (exact) mass is 211 g/mol. The minimum absolute atomic E-state index is 0.0788. The molecule has 1 aliphatic rings. The van der Waals surface area contributed by atoms with E-state index in [-0.39, 0.29) is 6.04 Å². The third-order valence-corrected chi connectivity index (χ3v) is 4.31. The number of thioether (sulfide) groups is 1. The molecule has 14 heavy (non-hydrogen) atoms. The Balaban J connectivity index is 2.12. The maximum absolute atomic E-state index is 5.87. The summed E-state index contributed by atoms with van der Waals surface area (Å²) in [6, 6.07) is 0.0788.